The average molecular weight is 395 g/mol. The van der Waals surface area contributed by atoms with Crippen LogP contribution in [0.25, 0.3) is 11.0 Å². The number of aromatic nitrogens is 4. The Morgan fingerprint density at radius 1 is 1.45 bits per heavy atom. The second-order valence-electron chi connectivity index (χ2n) is 3.95. The maximum Gasteiger partial charge on any atom is 0.264 e. The van der Waals surface area contributed by atoms with E-state index >= 15 is 0 Å². The summed E-state index contributed by atoms with van der Waals surface area (Å²) >= 11 is 1.92. The Labute approximate surface area is 126 Å². The Morgan fingerprint density at radius 2 is 2.20 bits per heavy atom. The van der Waals surface area contributed by atoms with E-state index in [4.69, 9.17) is 20.7 Å². The zero-order chi connectivity index (χ0) is 14.7. The average Bonchev–Trinajstić information content (AvgIpc) is 2.71. The smallest absolute Gasteiger partial charge is 0.264 e. The predicted octanol–water partition coefficient (Wildman–Crippen LogP) is -0.804. The molecule has 0 aromatic carbocycles. The van der Waals surface area contributed by atoms with Crippen molar-refractivity contribution in [3.63, 3.8) is 0 Å². The fourth-order valence-electron chi connectivity index (χ4n) is 1.80. The van der Waals surface area contributed by atoms with E-state index in [-0.39, 0.29) is 43.4 Å². The van der Waals surface area contributed by atoms with E-state index in [2.05, 4.69) is 15.1 Å². The van der Waals surface area contributed by atoms with E-state index in [1.54, 1.807) is 0 Å². The number of hydrogen-bond acceptors (Lipinski definition) is 7. The summed E-state index contributed by atoms with van der Waals surface area (Å²) in [4.78, 5) is 18.3. The molecule has 0 aliphatic rings. The summed E-state index contributed by atoms with van der Waals surface area (Å²) in [5.41, 5.74) is 5.44. The minimum absolute atomic E-state index is 0.0232. The van der Waals surface area contributed by atoms with Crippen molar-refractivity contribution in [2.24, 2.45) is 0 Å². The highest BCUT2D eigenvalue weighted by atomic mass is 127. The maximum absolute atomic E-state index is 11.9. The molecular formula is C10H14IN5O4. The first-order valence-electron chi connectivity index (χ1n) is 5.85. The number of aromatic amines is 1. The molecule has 9 nitrogen and oxygen atoms in total. The van der Waals surface area contributed by atoms with Crippen LogP contribution < -0.4 is 11.3 Å². The molecule has 2 heterocycles. The standard InChI is InChI=1S/C10H14IN5O4/c11-7-6-8(13-10(12)14-9(6)19)16(15-7)5(1-2-17)20-4-3-18/h5,17-18H,1-4H2,(H3,12,13,14,19)/t5-/m1/s1. The molecule has 2 aromatic rings. The summed E-state index contributed by atoms with van der Waals surface area (Å²) in [5.74, 6) is -0.0232. The van der Waals surface area contributed by atoms with Crippen molar-refractivity contribution in [2.45, 2.75) is 12.6 Å². The van der Waals surface area contributed by atoms with Gasteiger partial charge >= 0.3 is 0 Å². The molecule has 0 fully saturated rings. The second kappa shape index (κ2) is 6.47. The summed E-state index contributed by atoms with van der Waals surface area (Å²) in [7, 11) is 0. The summed E-state index contributed by atoms with van der Waals surface area (Å²) in [6.07, 6.45) is -0.381. The van der Waals surface area contributed by atoms with Gasteiger partial charge in [0, 0.05) is 13.0 Å². The van der Waals surface area contributed by atoms with Gasteiger partial charge in [-0.05, 0) is 22.6 Å². The monoisotopic (exact) mass is 395 g/mol. The van der Waals surface area contributed by atoms with E-state index in [0.717, 1.165) is 0 Å². The lowest BCUT2D eigenvalue weighted by Gasteiger charge is -2.17. The molecule has 1 atom stereocenters. The van der Waals surface area contributed by atoms with Crippen LogP contribution >= 0.6 is 22.6 Å². The molecule has 0 bridgehead atoms. The predicted molar refractivity (Wildman–Crippen MR) is 79.1 cm³/mol. The molecule has 2 rings (SSSR count). The number of nitrogens with two attached hydrogens (primary N) is 1. The molecule has 10 heteroatoms. The van der Waals surface area contributed by atoms with Gasteiger partial charge in [-0.1, -0.05) is 0 Å². The number of fused-ring (bicyclic) bond motifs is 1. The molecule has 5 N–H and O–H groups in total. The number of halogens is 1. The van der Waals surface area contributed by atoms with E-state index in [0.29, 0.717) is 9.09 Å². The van der Waals surface area contributed by atoms with Crippen LogP contribution in [-0.2, 0) is 4.74 Å². The third-order valence-corrected chi connectivity index (χ3v) is 3.34. The van der Waals surface area contributed by atoms with Crippen molar-refractivity contribution in [1.82, 2.24) is 19.7 Å². The van der Waals surface area contributed by atoms with Gasteiger partial charge in [0.15, 0.2) is 11.9 Å². The number of nitrogens with zero attached hydrogens (tertiary/aromatic N) is 3. The molecule has 110 valence electrons. The molecule has 2 aromatic heterocycles. The first kappa shape index (κ1) is 15.2. The van der Waals surface area contributed by atoms with Crippen LogP contribution in [0.1, 0.15) is 12.6 Å². The molecule has 0 amide bonds. The van der Waals surface area contributed by atoms with Crippen molar-refractivity contribution in [3.8, 4) is 0 Å². The minimum Gasteiger partial charge on any atom is -0.396 e. The normalized spacial score (nSPS) is 12.9. The van der Waals surface area contributed by atoms with Gasteiger partial charge in [0.05, 0.1) is 13.2 Å². The topological polar surface area (TPSA) is 139 Å². The Kier molecular flexibility index (Phi) is 4.91. The fraction of sp³-hybridized carbons (Fsp3) is 0.500. The zero-order valence-corrected chi connectivity index (χ0v) is 12.6. The van der Waals surface area contributed by atoms with Crippen LogP contribution in [0.5, 0.6) is 0 Å². The lowest BCUT2D eigenvalue weighted by Crippen LogP contribution is -2.19. The van der Waals surface area contributed by atoms with E-state index in [9.17, 15) is 4.79 Å². The molecular weight excluding hydrogens is 381 g/mol. The largest absolute Gasteiger partial charge is 0.396 e. The van der Waals surface area contributed by atoms with Crippen molar-refractivity contribution < 1.29 is 14.9 Å². The van der Waals surface area contributed by atoms with Crippen molar-refractivity contribution in [1.29, 1.82) is 0 Å². The number of aliphatic hydroxyl groups is 2. The molecule has 0 saturated heterocycles. The summed E-state index contributed by atoms with van der Waals surface area (Å²) < 4.78 is 7.27. The molecule has 0 aliphatic carbocycles. The zero-order valence-electron chi connectivity index (χ0n) is 10.4. The maximum atomic E-state index is 11.9. The summed E-state index contributed by atoms with van der Waals surface area (Å²) in [6.45, 7) is -0.206. The number of nitrogen functional groups attached to an aromatic ring is 1. The van der Waals surface area contributed by atoms with Crippen molar-refractivity contribution >= 4 is 39.6 Å². The fourth-order valence-corrected chi connectivity index (χ4v) is 2.52. The SMILES string of the molecule is Nc1nc2c(c(I)nn2[C@@H](CCO)OCCO)c(=O)[nH]1. The highest BCUT2D eigenvalue weighted by Gasteiger charge is 2.21. The second-order valence-corrected chi connectivity index (χ2v) is 4.97. The van der Waals surface area contributed by atoms with Crippen LogP contribution in [0.3, 0.4) is 0 Å². The number of anilines is 1. The number of aliphatic hydroxyl groups excluding tert-OH is 2. The first-order valence-corrected chi connectivity index (χ1v) is 6.93. The summed E-state index contributed by atoms with van der Waals surface area (Å²) in [5, 5.41) is 22.4. The van der Waals surface area contributed by atoms with Gasteiger partial charge in [0.2, 0.25) is 5.95 Å². The Balaban J connectivity index is 2.54. The van der Waals surface area contributed by atoms with Crippen LogP contribution in [0.15, 0.2) is 4.79 Å². The third-order valence-electron chi connectivity index (χ3n) is 2.59. The first-order chi connectivity index (χ1) is 9.58. The number of nitrogens with one attached hydrogen (secondary N) is 1. The molecule has 0 saturated carbocycles. The van der Waals surface area contributed by atoms with Gasteiger partial charge in [-0.2, -0.15) is 10.1 Å². The van der Waals surface area contributed by atoms with Gasteiger partial charge in [-0.25, -0.2) is 4.68 Å². The highest BCUT2D eigenvalue weighted by Crippen LogP contribution is 2.21. The Morgan fingerprint density at radius 3 is 2.85 bits per heavy atom. The quantitative estimate of drug-likeness (QED) is 0.470. The number of ether oxygens (including phenoxy) is 1. The van der Waals surface area contributed by atoms with Crippen molar-refractivity contribution in [3.05, 3.63) is 14.1 Å². The van der Waals surface area contributed by atoms with Gasteiger partial charge in [0.25, 0.3) is 5.56 Å². The number of hydrogen-bond donors (Lipinski definition) is 4. The van der Waals surface area contributed by atoms with Gasteiger partial charge in [0.1, 0.15) is 9.09 Å². The van der Waals surface area contributed by atoms with E-state index in [1.807, 2.05) is 22.6 Å². The molecule has 0 radical (unpaired) electrons. The van der Waals surface area contributed by atoms with Crippen LogP contribution in [0.2, 0.25) is 0 Å². The van der Waals surface area contributed by atoms with Gasteiger partial charge < -0.3 is 20.7 Å². The Hall–Kier alpha value is -1.24. The number of H-pyrrole nitrogens is 1. The Bertz CT molecular complexity index is 655. The minimum atomic E-state index is -0.633. The third kappa shape index (κ3) is 2.92. The molecule has 0 unspecified atom stereocenters. The summed E-state index contributed by atoms with van der Waals surface area (Å²) in [6, 6.07) is 0. The van der Waals surface area contributed by atoms with E-state index in [1.165, 1.54) is 4.68 Å². The lowest BCUT2D eigenvalue weighted by atomic mass is 10.4. The number of rotatable bonds is 6. The van der Waals surface area contributed by atoms with Crippen LogP contribution in [0.4, 0.5) is 5.95 Å². The molecule has 0 spiro atoms. The molecule has 20 heavy (non-hydrogen) atoms. The van der Waals surface area contributed by atoms with Crippen LogP contribution in [0, 0.1) is 3.70 Å². The van der Waals surface area contributed by atoms with E-state index < -0.39 is 6.23 Å². The highest BCUT2D eigenvalue weighted by molar-refractivity contribution is 14.1. The lowest BCUT2D eigenvalue weighted by molar-refractivity contribution is -0.0329. The van der Waals surface area contributed by atoms with Gasteiger partial charge in [-0.15, -0.1) is 0 Å². The molecule has 0 aliphatic heterocycles. The van der Waals surface area contributed by atoms with Gasteiger partial charge in [-0.3, -0.25) is 9.78 Å². The van der Waals surface area contributed by atoms with Crippen LogP contribution in [-0.4, -0.2) is 49.8 Å². The van der Waals surface area contributed by atoms with Crippen molar-refractivity contribution in [2.75, 3.05) is 25.6 Å².